The van der Waals surface area contributed by atoms with Crippen LogP contribution in [0.5, 0.6) is 0 Å². The van der Waals surface area contributed by atoms with Gasteiger partial charge in [0.25, 0.3) is 0 Å². The van der Waals surface area contributed by atoms with Crippen LogP contribution in [0.2, 0.25) is 0 Å². The monoisotopic (exact) mass is 203 g/mol. The molecule has 0 amide bonds. The van der Waals surface area contributed by atoms with Crippen molar-refractivity contribution in [3.8, 4) is 0 Å². The lowest BCUT2D eigenvalue weighted by Gasteiger charge is -2.01. The van der Waals surface area contributed by atoms with Crippen molar-refractivity contribution >= 4 is 16.7 Å². The first-order valence-corrected chi connectivity index (χ1v) is 4.58. The van der Waals surface area contributed by atoms with E-state index in [1.54, 1.807) is 24.7 Å². The van der Waals surface area contributed by atoms with Gasteiger partial charge in [0, 0.05) is 13.2 Å². The van der Waals surface area contributed by atoms with Gasteiger partial charge in [0.15, 0.2) is 5.65 Å². The van der Waals surface area contributed by atoms with Crippen molar-refractivity contribution in [2.24, 2.45) is 7.05 Å². The van der Waals surface area contributed by atoms with Crippen LogP contribution in [0.4, 0.5) is 0 Å². The second kappa shape index (κ2) is 2.47. The Morgan fingerprint density at radius 3 is 3.00 bits per heavy atom. The maximum absolute atomic E-state index is 11.9. The number of rotatable bonds is 0. The van der Waals surface area contributed by atoms with E-state index in [9.17, 15) is 4.79 Å². The molecule has 0 saturated carbocycles. The standard InChI is InChI=1S/C9H9N5O/c1-5-11-12-8-6-3-4-10-7(6)13(2)9(15)14(5)8/h3-4,10H,1-2H3. The van der Waals surface area contributed by atoms with Crippen molar-refractivity contribution in [3.05, 3.63) is 28.6 Å². The molecule has 6 nitrogen and oxygen atoms in total. The molecule has 76 valence electrons. The number of aryl methyl sites for hydroxylation is 2. The number of hydrogen-bond acceptors (Lipinski definition) is 3. The maximum atomic E-state index is 11.9. The van der Waals surface area contributed by atoms with Crippen LogP contribution in [0.1, 0.15) is 5.82 Å². The molecule has 0 saturated heterocycles. The lowest BCUT2D eigenvalue weighted by Crippen LogP contribution is -2.25. The summed E-state index contributed by atoms with van der Waals surface area (Å²) in [6, 6.07) is 1.89. The third-order valence-electron chi connectivity index (χ3n) is 2.60. The van der Waals surface area contributed by atoms with Gasteiger partial charge in [-0.05, 0) is 13.0 Å². The van der Waals surface area contributed by atoms with Crippen LogP contribution < -0.4 is 5.69 Å². The summed E-state index contributed by atoms with van der Waals surface area (Å²) in [5.74, 6) is 0.605. The topological polar surface area (TPSA) is 68.0 Å². The summed E-state index contributed by atoms with van der Waals surface area (Å²) in [5.41, 5.74) is 1.23. The Balaban J connectivity index is 2.79. The van der Waals surface area contributed by atoms with E-state index in [2.05, 4.69) is 15.2 Å². The highest BCUT2D eigenvalue weighted by Crippen LogP contribution is 2.14. The van der Waals surface area contributed by atoms with Crippen molar-refractivity contribution in [2.75, 3.05) is 0 Å². The molecule has 6 heteroatoms. The van der Waals surface area contributed by atoms with Crippen LogP contribution in [-0.2, 0) is 7.05 Å². The zero-order valence-corrected chi connectivity index (χ0v) is 8.35. The lowest BCUT2D eigenvalue weighted by molar-refractivity contribution is 0.802. The van der Waals surface area contributed by atoms with Crippen molar-refractivity contribution in [3.63, 3.8) is 0 Å². The van der Waals surface area contributed by atoms with Gasteiger partial charge in [-0.3, -0.25) is 4.57 Å². The summed E-state index contributed by atoms with van der Waals surface area (Å²) in [5, 5.41) is 8.81. The average Bonchev–Trinajstić information content (AvgIpc) is 2.80. The zero-order valence-electron chi connectivity index (χ0n) is 8.35. The smallest absolute Gasteiger partial charge is 0.336 e. The number of fused-ring (bicyclic) bond motifs is 3. The molecule has 0 bridgehead atoms. The fourth-order valence-electron chi connectivity index (χ4n) is 1.83. The van der Waals surface area contributed by atoms with E-state index in [4.69, 9.17) is 0 Å². The molecule has 0 spiro atoms. The highest BCUT2D eigenvalue weighted by atomic mass is 16.1. The summed E-state index contributed by atoms with van der Waals surface area (Å²) in [4.78, 5) is 15.0. The van der Waals surface area contributed by atoms with Crippen LogP contribution in [0.15, 0.2) is 17.1 Å². The van der Waals surface area contributed by atoms with Gasteiger partial charge in [-0.15, -0.1) is 10.2 Å². The molecule has 0 aliphatic rings. The number of nitrogens with zero attached hydrogens (tertiary/aromatic N) is 4. The Hall–Kier alpha value is -2.11. The van der Waals surface area contributed by atoms with Gasteiger partial charge in [0.1, 0.15) is 11.5 Å². The van der Waals surface area contributed by atoms with Crippen molar-refractivity contribution in [2.45, 2.75) is 6.92 Å². The molecule has 3 aromatic heterocycles. The van der Waals surface area contributed by atoms with E-state index in [1.807, 2.05) is 6.07 Å². The van der Waals surface area contributed by atoms with Gasteiger partial charge in [-0.2, -0.15) is 0 Å². The Labute approximate surface area is 84.2 Å². The normalized spacial score (nSPS) is 11.6. The van der Waals surface area contributed by atoms with Gasteiger partial charge < -0.3 is 4.98 Å². The summed E-state index contributed by atoms with van der Waals surface area (Å²) < 4.78 is 3.06. The number of hydrogen-bond donors (Lipinski definition) is 1. The number of H-pyrrole nitrogens is 1. The Kier molecular flexibility index (Phi) is 1.35. The fraction of sp³-hybridized carbons (Fsp3) is 0.222. The first-order valence-electron chi connectivity index (χ1n) is 4.58. The van der Waals surface area contributed by atoms with Gasteiger partial charge in [0.2, 0.25) is 0 Å². The summed E-state index contributed by atoms with van der Waals surface area (Å²) >= 11 is 0. The van der Waals surface area contributed by atoms with E-state index in [0.717, 1.165) is 11.0 Å². The predicted molar refractivity (Wildman–Crippen MR) is 54.8 cm³/mol. The Morgan fingerprint density at radius 1 is 1.40 bits per heavy atom. The van der Waals surface area contributed by atoms with Crippen LogP contribution >= 0.6 is 0 Å². The molecule has 0 fully saturated rings. The third-order valence-corrected chi connectivity index (χ3v) is 2.60. The highest BCUT2D eigenvalue weighted by Gasteiger charge is 2.12. The molecule has 0 aromatic carbocycles. The Bertz CT molecular complexity index is 717. The number of nitrogens with one attached hydrogen (secondary N) is 1. The van der Waals surface area contributed by atoms with Crippen LogP contribution in [0, 0.1) is 6.92 Å². The number of aromatic amines is 1. The molecular formula is C9H9N5O. The molecule has 0 atom stereocenters. The molecular weight excluding hydrogens is 194 g/mol. The quantitative estimate of drug-likeness (QED) is 0.568. The summed E-state index contributed by atoms with van der Waals surface area (Å²) in [7, 11) is 1.72. The van der Waals surface area contributed by atoms with E-state index in [-0.39, 0.29) is 5.69 Å². The first-order chi connectivity index (χ1) is 7.20. The minimum Gasteiger partial charge on any atom is -0.347 e. The van der Waals surface area contributed by atoms with Gasteiger partial charge in [-0.25, -0.2) is 9.20 Å². The van der Waals surface area contributed by atoms with Crippen molar-refractivity contribution < 1.29 is 0 Å². The average molecular weight is 203 g/mol. The van der Waals surface area contributed by atoms with E-state index >= 15 is 0 Å². The molecule has 0 radical (unpaired) electrons. The summed E-state index contributed by atoms with van der Waals surface area (Å²) in [6.07, 6.45) is 1.79. The molecule has 15 heavy (non-hydrogen) atoms. The fourth-order valence-corrected chi connectivity index (χ4v) is 1.83. The third kappa shape index (κ3) is 0.855. The number of aromatic nitrogens is 5. The van der Waals surface area contributed by atoms with Crippen LogP contribution in [0.3, 0.4) is 0 Å². The van der Waals surface area contributed by atoms with E-state index in [0.29, 0.717) is 11.5 Å². The molecule has 0 aliphatic carbocycles. The molecule has 0 aliphatic heterocycles. The lowest BCUT2D eigenvalue weighted by atomic mass is 10.4. The molecule has 1 N–H and O–H groups in total. The van der Waals surface area contributed by atoms with Gasteiger partial charge >= 0.3 is 5.69 Å². The summed E-state index contributed by atoms with van der Waals surface area (Å²) in [6.45, 7) is 1.76. The van der Waals surface area contributed by atoms with Gasteiger partial charge in [-0.1, -0.05) is 0 Å². The van der Waals surface area contributed by atoms with Gasteiger partial charge in [0.05, 0.1) is 5.39 Å². The SMILES string of the molecule is Cc1nnc2c3cc[nH]c3n(C)c(=O)n12. The van der Waals surface area contributed by atoms with E-state index in [1.165, 1.54) is 4.40 Å². The largest absolute Gasteiger partial charge is 0.347 e. The predicted octanol–water partition coefficient (Wildman–Crippen LogP) is 0.218. The Morgan fingerprint density at radius 2 is 2.20 bits per heavy atom. The molecule has 3 aromatic rings. The molecule has 3 heterocycles. The maximum Gasteiger partial charge on any atom is 0.336 e. The first kappa shape index (κ1) is 8.22. The van der Waals surface area contributed by atoms with Crippen molar-refractivity contribution in [1.82, 2.24) is 24.1 Å². The van der Waals surface area contributed by atoms with Crippen LogP contribution in [-0.4, -0.2) is 24.1 Å². The van der Waals surface area contributed by atoms with E-state index < -0.39 is 0 Å². The second-order valence-corrected chi connectivity index (χ2v) is 3.49. The molecule has 3 rings (SSSR count). The highest BCUT2D eigenvalue weighted by molar-refractivity contribution is 5.89. The minimum atomic E-state index is -0.137. The van der Waals surface area contributed by atoms with Crippen molar-refractivity contribution in [1.29, 1.82) is 0 Å². The zero-order chi connectivity index (χ0) is 10.6. The van der Waals surface area contributed by atoms with Crippen LogP contribution in [0.25, 0.3) is 16.7 Å². The minimum absolute atomic E-state index is 0.137. The second-order valence-electron chi connectivity index (χ2n) is 3.49. The molecule has 0 unspecified atom stereocenters.